The number of nitrogens with zero attached hydrogens (tertiary/aromatic N) is 4. The molecule has 1 saturated carbocycles. The molecule has 11 atom stereocenters. The average molecular weight is 823 g/mol. The number of carbonyl (C=O) groups excluding carboxylic acids is 4. The Labute approximate surface area is 350 Å². The van der Waals surface area contributed by atoms with Crippen LogP contribution < -0.4 is 10.6 Å². The highest BCUT2D eigenvalue weighted by Crippen LogP contribution is 2.54. The third-order valence-electron chi connectivity index (χ3n) is 13.4. The van der Waals surface area contributed by atoms with Crippen molar-refractivity contribution in [1.29, 1.82) is 0 Å². The highest BCUT2D eigenvalue weighted by Gasteiger charge is 2.57. The number of hydrogen-bond donors (Lipinski definition) is 4. The first-order valence-electron chi connectivity index (χ1n) is 21.4. The van der Waals surface area contributed by atoms with E-state index in [1.807, 2.05) is 56.8 Å². The summed E-state index contributed by atoms with van der Waals surface area (Å²) >= 11 is 0. The van der Waals surface area contributed by atoms with Crippen LogP contribution in [-0.4, -0.2) is 104 Å². The molecule has 4 fully saturated rings. The van der Waals surface area contributed by atoms with Crippen LogP contribution >= 0.6 is 0 Å². The van der Waals surface area contributed by atoms with Crippen molar-refractivity contribution in [3.63, 3.8) is 0 Å². The molecule has 2 aromatic heterocycles. The van der Waals surface area contributed by atoms with E-state index in [-0.39, 0.29) is 65.9 Å². The highest BCUT2D eigenvalue weighted by atomic mass is 16.5. The molecule has 5 heterocycles. The summed E-state index contributed by atoms with van der Waals surface area (Å²) in [6.07, 6.45) is 6.26. The Morgan fingerprint density at radius 1 is 0.733 bits per heavy atom. The van der Waals surface area contributed by atoms with Gasteiger partial charge in [0.1, 0.15) is 23.7 Å². The van der Waals surface area contributed by atoms with E-state index in [1.54, 1.807) is 0 Å². The van der Waals surface area contributed by atoms with Crippen LogP contribution in [0, 0.1) is 23.7 Å². The maximum atomic E-state index is 14.4. The van der Waals surface area contributed by atoms with Gasteiger partial charge >= 0.3 is 12.2 Å². The molecular formula is C45H58N8O7. The zero-order valence-corrected chi connectivity index (χ0v) is 35.7. The molecule has 8 rings (SSSR count). The van der Waals surface area contributed by atoms with E-state index in [0.717, 1.165) is 58.4 Å². The number of amides is 4. The van der Waals surface area contributed by atoms with Gasteiger partial charge in [-0.2, -0.15) is 0 Å². The third-order valence-corrected chi connectivity index (χ3v) is 13.4. The minimum absolute atomic E-state index is 0.0152. The Bertz CT molecular complexity index is 2240. The fourth-order valence-corrected chi connectivity index (χ4v) is 10.0. The van der Waals surface area contributed by atoms with Crippen molar-refractivity contribution in [3.05, 3.63) is 60.4 Å². The standard InChI is InChI=1S/C45H58N8O7/c1-22(2)38(50-44(56)58-7)42(54)52-26(6)23(3)13-36(52)40-46-20-33(48-40)29-11-9-28-17-30(12-10-27(28)16-29)34-21-47-41(49-34)37-19-31-18-35(31)53(37)43(55)39(51-45(57)59-8)32-14-24(4)60-25(5)15-32/h9-12,16-17,20-26,31-32,35-39H,13-15,18-19H2,1-8H3,(H,46,48)(H,47,49)(H,50,56)(H,51,57)/t23-,24-,25+,26?,31-,32?,35-,36+,37+,38+,39?/m1/s1. The molecule has 0 radical (unpaired) electrons. The van der Waals surface area contributed by atoms with E-state index >= 15 is 0 Å². The lowest BCUT2D eigenvalue weighted by Gasteiger charge is -2.38. The van der Waals surface area contributed by atoms with E-state index < -0.39 is 24.3 Å². The van der Waals surface area contributed by atoms with Crippen LogP contribution in [0.15, 0.2) is 48.8 Å². The summed E-state index contributed by atoms with van der Waals surface area (Å²) in [7, 11) is 2.62. The number of imidazole rings is 2. The molecule has 2 aromatic carbocycles. The Balaban J connectivity index is 0.992. The van der Waals surface area contributed by atoms with E-state index in [9.17, 15) is 19.2 Å². The molecule has 60 heavy (non-hydrogen) atoms. The summed E-state index contributed by atoms with van der Waals surface area (Å²) in [5.41, 5.74) is 3.65. The SMILES string of the molecule is COC(=O)NC(C(=O)N1[C@@H]2C[C@@H]2C[C@H]1c1ncc(-c2ccc3cc(-c4cnc([C@@H]5C[C@@H](C)C(C)N5C(=O)[C@@H](NC(=O)OC)C(C)C)[nH]4)ccc3c2)[nH]1)C1C[C@@H](C)O[C@@H](C)C1. The van der Waals surface area contributed by atoms with Gasteiger partial charge in [-0.25, -0.2) is 19.6 Å². The molecule has 1 aliphatic carbocycles. The number of fused-ring (bicyclic) bond motifs is 2. The molecule has 4 N–H and O–H groups in total. The quantitative estimate of drug-likeness (QED) is 0.132. The van der Waals surface area contributed by atoms with Crippen LogP contribution in [0.4, 0.5) is 9.59 Å². The second kappa shape index (κ2) is 16.5. The van der Waals surface area contributed by atoms with Crippen molar-refractivity contribution in [1.82, 2.24) is 40.4 Å². The van der Waals surface area contributed by atoms with Gasteiger partial charge in [0.05, 0.1) is 62.3 Å². The van der Waals surface area contributed by atoms with Gasteiger partial charge in [0.15, 0.2) is 0 Å². The lowest BCUT2D eigenvalue weighted by Crippen LogP contribution is -2.55. The molecule has 15 heteroatoms. The molecule has 0 bridgehead atoms. The largest absolute Gasteiger partial charge is 0.453 e. The zero-order chi connectivity index (χ0) is 42.6. The molecule has 3 unspecified atom stereocenters. The molecule has 3 aliphatic heterocycles. The number of methoxy groups -OCH3 is 2. The first-order valence-corrected chi connectivity index (χ1v) is 21.4. The van der Waals surface area contributed by atoms with E-state index in [4.69, 9.17) is 24.2 Å². The van der Waals surface area contributed by atoms with Gasteiger partial charge in [-0.3, -0.25) is 9.59 Å². The molecule has 3 saturated heterocycles. The van der Waals surface area contributed by atoms with E-state index in [2.05, 4.69) is 63.9 Å². The van der Waals surface area contributed by atoms with Gasteiger partial charge in [0.25, 0.3) is 0 Å². The molecule has 0 spiro atoms. The predicted octanol–water partition coefficient (Wildman–Crippen LogP) is 6.89. The molecule has 15 nitrogen and oxygen atoms in total. The van der Waals surface area contributed by atoms with Gasteiger partial charge in [-0.15, -0.1) is 0 Å². The van der Waals surface area contributed by atoms with Gasteiger partial charge in [0, 0.05) is 23.2 Å². The minimum Gasteiger partial charge on any atom is -0.453 e. The van der Waals surface area contributed by atoms with Crippen molar-refractivity contribution in [2.75, 3.05) is 14.2 Å². The lowest BCUT2D eigenvalue weighted by atomic mass is 9.85. The number of nitrogens with one attached hydrogen (secondary N) is 4. The van der Waals surface area contributed by atoms with Crippen LogP contribution in [-0.2, 0) is 23.8 Å². The Kier molecular flexibility index (Phi) is 11.4. The number of aromatic nitrogens is 4. The van der Waals surface area contributed by atoms with Crippen molar-refractivity contribution in [2.24, 2.45) is 23.7 Å². The smallest absolute Gasteiger partial charge is 0.407 e. The number of benzene rings is 2. The van der Waals surface area contributed by atoms with E-state index in [0.29, 0.717) is 24.6 Å². The number of aromatic amines is 2. The molecule has 4 amide bonds. The number of likely N-dealkylation sites (tertiary alicyclic amines) is 2. The number of rotatable bonds is 10. The second-order valence-electron chi connectivity index (χ2n) is 17.9. The summed E-state index contributed by atoms with van der Waals surface area (Å²) in [4.78, 5) is 73.6. The zero-order valence-electron chi connectivity index (χ0n) is 35.7. The number of H-pyrrole nitrogens is 2. The van der Waals surface area contributed by atoms with Gasteiger partial charge in [0.2, 0.25) is 11.8 Å². The topological polar surface area (TPSA) is 184 Å². The van der Waals surface area contributed by atoms with Crippen molar-refractivity contribution in [3.8, 4) is 22.5 Å². The average Bonchev–Trinajstić information content (AvgIpc) is 3.66. The Morgan fingerprint density at radius 2 is 1.28 bits per heavy atom. The predicted molar refractivity (Wildman–Crippen MR) is 224 cm³/mol. The van der Waals surface area contributed by atoms with E-state index in [1.165, 1.54) is 14.2 Å². The first kappa shape index (κ1) is 41.3. The second-order valence-corrected chi connectivity index (χ2v) is 17.9. The van der Waals surface area contributed by atoms with Gasteiger partial charge in [-0.05, 0) is 99.5 Å². The van der Waals surface area contributed by atoms with Crippen LogP contribution in [0.2, 0.25) is 0 Å². The normalized spacial score (nSPS) is 28.3. The molecule has 320 valence electrons. The fourth-order valence-electron chi connectivity index (χ4n) is 10.0. The lowest BCUT2D eigenvalue weighted by molar-refractivity contribution is -0.140. The van der Waals surface area contributed by atoms with Crippen LogP contribution in [0.5, 0.6) is 0 Å². The third kappa shape index (κ3) is 7.95. The number of hydrogen-bond acceptors (Lipinski definition) is 9. The van der Waals surface area contributed by atoms with Crippen molar-refractivity contribution in [2.45, 2.75) is 122 Å². The first-order chi connectivity index (χ1) is 28.7. The summed E-state index contributed by atoms with van der Waals surface area (Å²) in [5, 5.41) is 7.73. The van der Waals surface area contributed by atoms with Crippen molar-refractivity contribution >= 4 is 34.8 Å². The molecule has 4 aliphatic rings. The summed E-state index contributed by atoms with van der Waals surface area (Å²) in [6.45, 7) is 12.0. The molecule has 4 aromatic rings. The number of alkyl carbamates (subject to hydrolysis) is 2. The fraction of sp³-hybridized carbons (Fsp3) is 0.556. The number of carbonyl (C=O) groups is 4. The monoisotopic (exact) mass is 822 g/mol. The number of piperidine rings is 1. The van der Waals surface area contributed by atoms with Crippen LogP contribution in [0.1, 0.15) is 97.4 Å². The Hall–Kier alpha value is -5.44. The number of ether oxygens (including phenoxy) is 3. The minimum atomic E-state index is -0.724. The maximum Gasteiger partial charge on any atom is 0.407 e. The van der Waals surface area contributed by atoms with Crippen LogP contribution in [0.3, 0.4) is 0 Å². The van der Waals surface area contributed by atoms with Crippen molar-refractivity contribution < 1.29 is 33.4 Å². The summed E-state index contributed by atoms with van der Waals surface area (Å²) < 4.78 is 15.7. The van der Waals surface area contributed by atoms with Gasteiger partial charge < -0.3 is 44.6 Å². The Morgan fingerprint density at radius 3 is 1.83 bits per heavy atom. The van der Waals surface area contributed by atoms with Gasteiger partial charge in [-0.1, -0.05) is 45.0 Å². The summed E-state index contributed by atoms with van der Waals surface area (Å²) in [6, 6.07) is 10.7. The highest BCUT2D eigenvalue weighted by molar-refractivity contribution is 5.91. The maximum absolute atomic E-state index is 14.4. The van der Waals surface area contributed by atoms with Crippen LogP contribution in [0.25, 0.3) is 33.3 Å². The summed E-state index contributed by atoms with van der Waals surface area (Å²) in [5.74, 6) is 1.67. The molecular weight excluding hydrogens is 765 g/mol.